The SMILES string of the molecule is COc1ccc(/C(=N\Nc2ccc([N+](=O)[O-])cc2)c2c(O)[nH]c(=O)[nH]c2=O)cc1. The number of ether oxygens (including phenoxy) is 1. The zero-order valence-corrected chi connectivity index (χ0v) is 15.0. The van der Waals surface area contributed by atoms with E-state index >= 15 is 0 Å². The van der Waals surface area contributed by atoms with E-state index < -0.39 is 22.1 Å². The number of hydrogen-bond donors (Lipinski definition) is 4. The van der Waals surface area contributed by atoms with Crippen molar-refractivity contribution < 1.29 is 14.8 Å². The van der Waals surface area contributed by atoms with Crippen LogP contribution in [-0.4, -0.2) is 32.8 Å². The molecule has 0 saturated heterocycles. The average Bonchev–Trinajstić information content (AvgIpc) is 2.70. The summed E-state index contributed by atoms with van der Waals surface area (Å²) < 4.78 is 5.10. The first-order valence-electron chi connectivity index (χ1n) is 8.17. The molecule has 3 aromatic rings. The molecule has 4 N–H and O–H groups in total. The fourth-order valence-electron chi connectivity index (χ4n) is 2.49. The molecule has 3 rings (SSSR count). The molecule has 2 aromatic carbocycles. The van der Waals surface area contributed by atoms with Gasteiger partial charge in [0.05, 0.1) is 17.7 Å². The maximum Gasteiger partial charge on any atom is 0.328 e. The first-order valence-corrected chi connectivity index (χ1v) is 8.17. The molecule has 0 bridgehead atoms. The van der Waals surface area contributed by atoms with E-state index in [9.17, 15) is 24.8 Å². The summed E-state index contributed by atoms with van der Waals surface area (Å²) in [6.07, 6.45) is 0. The lowest BCUT2D eigenvalue weighted by Gasteiger charge is -2.10. The molecule has 11 heteroatoms. The van der Waals surface area contributed by atoms with E-state index in [0.29, 0.717) is 17.0 Å². The Hall–Kier alpha value is -4.41. The summed E-state index contributed by atoms with van der Waals surface area (Å²) in [5.41, 5.74) is 1.49. The fraction of sp³-hybridized carbons (Fsp3) is 0.0556. The highest BCUT2D eigenvalue weighted by atomic mass is 16.6. The lowest BCUT2D eigenvalue weighted by atomic mass is 10.0. The summed E-state index contributed by atoms with van der Waals surface area (Å²) in [7, 11) is 1.50. The molecule has 29 heavy (non-hydrogen) atoms. The molecule has 0 aliphatic rings. The molecular weight excluding hydrogens is 382 g/mol. The van der Waals surface area contributed by atoms with Gasteiger partial charge in [-0.25, -0.2) is 4.79 Å². The Morgan fingerprint density at radius 2 is 1.76 bits per heavy atom. The highest BCUT2D eigenvalue weighted by Crippen LogP contribution is 2.19. The number of H-pyrrole nitrogens is 2. The molecule has 0 unspecified atom stereocenters. The van der Waals surface area contributed by atoms with Crippen molar-refractivity contribution in [3.8, 4) is 11.6 Å². The van der Waals surface area contributed by atoms with Crippen molar-refractivity contribution >= 4 is 17.1 Å². The van der Waals surface area contributed by atoms with E-state index in [1.165, 1.54) is 31.4 Å². The Bertz CT molecular complexity index is 1180. The van der Waals surface area contributed by atoms with E-state index in [0.717, 1.165) is 0 Å². The summed E-state index contributed by atoms with van der Waals surface area (Å²) in [4.78, 5) is 38.0. The maximum absolute atomic E-state index is 12.3. The normalized spacial score (nSPS) is 11.1. The number of nitro groups is 1. The zero-order valence-electron chi connectivity index (χ0n) is 15.0. The van der Waals surface area contributed by atoms with Crippen LogP contribution < -0.4 is 21.4 Å². The van der Waals surface area contributed by atoms with Gasteiger partial charge in [-0.2, -0.15) is 5.10 Å². The van der Waals surface area contributed by atoms with E-state index in [1.807, 2.05) is 4.98 Å². The second-order valence-electron chi connectivity index (χ2n) is 5.74. The summed E-state index contributed by atoms with van der Waals surface area (Å²) in [6.45, 7) is 0. The topological polar surface area (TPSA) is 163 Å². The van der Waals surface area contributed by atoms with Crippen LogP contribution in [0.4, 0.5) is 11.4 Å². The number of aromatic nitrogens is 2. The Kier molecular flexibility index (Phi) is 5.39. The van der Waals surface area contributed by atoms with Gasteiger partial charge in [0.15, 0.2) is 0 Å². The molecule has 0 radical (unpaired) electrons. The van der Waals surface area contributed by atoms with Gasteiger partial charge in [0.1, 0.15) is 17.0 Å². The van der Waals surface area contributed by atoms with Gasteiger partial charge in [-0.15, -0.1) is 0 Å². The van der Waals surface area contributed by atoms with Crippen molar-refractivity contribution in [3.05, 3.63) is 90.6 Å². The van der Waals surface area contributed by atoms with Gasteiger partial charge < -0.3 is 9.84 Å². The third kappa shape index (κ3) is 4.30. The number of methoxy groups -OCH3 is 1. The number of aromatic amines is 2. The van der Waals surface area contributed by atoms with E-state index in [1.54, 1.807) is 24.3 Å². The number of hydrazone groups is 1. The number of rotatable bonds is 6. The number of nitro benzene ring substituents is 1. The molecule has 0 spiro atoms. The lowest BCUT2D eigenvalue weighted by molar-refractivity contribution is -0.384. The van der Waals surface area contributed by atoms with E-state index in [-0.39, 0.29) is 17.0 Å². The van der Waals surface area contributed by atoms with Gasteiger partial charge in [-0.05, 0) is 36.4 Å². The second-order valence-corrected chi connectivity index (χ2v) is 5.74. The van der Waals surface area contributed by atoms with Crippen LogP contribution in [0.5, 0.6) is 11.6 Å². The molecule has 0 amide bonds. The van der Waals surface area contributed by atoms with Crippen LogP contribution >= 0.6 is 0 Å². The maximum atomic E-state index is 12.3. The molecule has 1 heterocycles. The lowest BCUT2D eigenvalue weighted by Crippen LogP contribution is -2.28. The Morgan fingerprint density at radius 1 is 1.10 bits per heavy atom. The average molecular weight is 397 g/mol. The van der Waals surface area contributed by atoms with Crippen molar-refractivity contribution in [1.82, 2.24) is 9.97 Å². The van der Waals surface area contributed by atoms with Crippen LogP contribution in [0.2, 0.25) is 0 Å². The Balaban J connectivity index is 2.07. The van der Waals surface area contributed by atoms with Crippen molar-refractivity contribution in [2.24, 2.45) is 5.10 Å². The van der Waals surface area contributed by atoms with Gasteiger partial charge in [-0.1, -0.05) is 0 Å². The van der Waals surface area contributed by atoms with Crippen LogP contribution in [0.15, 0.2) is 63.2 Å². The third-order valence-corrected chi connectivity index (χ3v) is 3.90. The number of nitrogens with one attached hydrogen (secondary N) is 3. The highest BCUT2D eigenvalue weighted by Gasteiger charge is 2.18. The van der Waals surface area contributed by atoms with Crippen LogP contribution in [0, 0.1) is 10.1 Å². The van der Waals surface area contributed by atoms with Crippen LogP contribution in [0.25, 0.3) is 0 Å². The van der Waals surface area contributed by atoms with Gasteiger partial charge in [-0.3, -0.25) is 30.3 Å². The molecule has 1 aromatic heterocycles. The van der Waals surface area contributed by atoms with E-state index in [2.05, 4.69) is 15.5 Å². The minimum Gasteiger partial charge on any atom is -0.497 e. The number of nitrogens with zero attached hydrogens (tertiary/aromatic N) is 2. The van der Waals surface area contributed by atoms with Crippen molar-refractivity contribution in [2.45, 2.75) is 0 Å². The number of hydrogen-bond acceptors (Lipinski definition) is 8. The predicted octanol–water partition coefficient (Wildman–Crippen LogP) is 1.55. The first-order chi connectivity index (χ1) is 13.9. The largest absolute Gasteiger partial charge is 0.497 e. The Labute approximate surface area is 162 Å². The Morgan fingerprint density at radius 3 is 2.31 bits per heavy atom. The molecule has 148 valence electrons. The van der Waals surface area contributed by atoms with E-state index in [4.69, 9.17) is 4.74 Å². The molecule has 0 fully saturated rings. The summed E-state index contributed by atoms with van der Waals surface area (Å²) in [5, 5.41) is 25.0. The van der Waals surface area contributed by atoms with Gasteiger partial charge >= 0.3 is 5.69 Å². The summed E-state index contributed by atoms with van der Waals surface area (Å²) in [5.74, 6) is -0.0881. The molecule has 11 nitrogen and oxygen atoms in total. The monoisotopic (exact) mass is 397 g/mol. The van der Waals surface area contributed by atoms with Gasteiger partial charge in [0, 0.05) is 17.7 Å². The fourth-order valence-corrected chi connectivity index (χ4v) is 2.49. The standard InChI is InChI=1S/C18H15N5O6/c1-29-13-8-2-10(3-9-13)15(14-16(24)19-18(26)20-17(14)25)22-21-11-4-6-12(7-5-11)23(27)28/h2-9,21H,1H3,(H3,19,20,24,25,26)/b22-15+. The molecule has 0 atom stereocenters. The van der Waals surface area contributed by atoms with Crippen molar-refractivity contribution in [1.29, 1.82) is 0 Å². The summed E-state index contributed by atoms with van der Waals surface area (Å²) in [6, 6.07) is 11.9. The van der Waals surface area contributed by atoms with Crippen LogP contribution in [0.3, 0.4) is 0 Å². The predicted molar refractivity (Wildman–Crippen MR) is 105 cm³/mol. The van der Waals surface area contributed by atoms with Gasteiger partial charge in [0.2, 0.25) is 5.88 Å². The minimum atomic E-state index is -0.867. The third-order valence-electron chi connectivity index (χ3n) is 3.90. The smallest absolute Gasteiger partial charge is 0.328 e. The number of aromatic hydroxyl groups is 1. The molecule has 0 saturated carbocycles. The zero-order chi connectivity index (χ0) is 21.0. The number of non-ortho nitro benzene ring substituents is 1. The van der Waals surface area contributed by atoms with Crippen LogP contribution in [-0.2, 0) is 0 Å². The minimum absolute atomic E-state index is 0.0287. The highest BCUT2D eigenvalue weighted by molar-refractivity contribution is 6.14. The molecule has 0 aliphatic heterocycles. The van der Waals surface area contributed by atoms with Crippen molar-refractivity contribution in [2.75, 3.05) is 12.5 Å². The van der Waals surface area contributed by atoms with Crippen molar-refractivity contribution in [3.63, 3.8) is 0 Å². The number of anilines is 1. The summed E-state index contributed by atoms with van der Waals surface area (Å²) >= 11 is 0. The quantitative estimate of drug-likeness (QED) is 0.278. The first kappa shape index (κ1) is 19.4. The van der Waals surface area contributed by atoms with Gasteiger partial charge in [0.25, 0.3) is 11.2 Å². The molecule has 0 aliphatic carbocycles. The number of benzene rings is 2. The molecular formula is C18H15N5O6. The second kappa shape index (κ2) is 8.08. The van der Waals surface area contributed by atoms with Crippen LogP contribution in [0.1, 0.15) is 11.1 Å².